The summed E-state index contributed by atoms with van der Waals surface area (Å²) < 4.78 is 1.24. The number of rotatable bonds is 4. The van der Waals surface area contributed by atoms with Gasteiger partial charge >= 0.3 is 0 Å². The summed E-state index contributed by atoms with van der Waals surface area (Å²) in [6.45, 7) is 6.74. The first-order valence-electron chi connectivity index (χ1n) is 11.2. The summed E-state index contributed by atoms with van der Waals surface area (Å²) in [5, 5.41) is 4.49. The Morgan fingerprint density at radius 1 is 0.706 bits per heavy atom. The van der Waals surface area contributed by atoms with Crippen LogP contribution < -0.4 is 4.90 Å². The average molecular weight is 503 g/mol. The number of halogens is 2. The minimum absolute atomic E-state index is 0.0547. The van der Waals surface area contributed by atoms with Crippen molar-refractivity contribution < 1.29 is 0 Å². The van der Waals surface area contributed by atoms with Crippen molar-refractivity contribution in [3.63, 3.8) is 0 Å². The van der Waals surface area contributed by atoms with Crippen molar-refractivity contribution in [2.24, 2.45) is 0 Å². The summed E-state index contributed by atoms with van der Waals surface area (Å²) in [7, 11) is 0. The molecule has 1 aromatic heterocycles. The van der Waals surface area contributed by atoms with Gasteiger partial charge in [-0.15, -0.1) is 11.3 Å². The molecule has 0 amide bonds. The van der Waals surface area contributed by atoms with Gasteiger partial charge in [0.2, 0.25) is 0 Å². The van der Waals surface area contributed by atoms with Crippen LogP contribution in [0.3, 0.4) is 0 Å². The fourth-order valence-corrected chi connectivity index (χ4v) is 5.49. The van der Waals surface area contributed by atoms with E-state index in [0.717, 1.165) is 28.2 Å². The van der Waals surface area contributed by atoms with Gasteiger partial charge in [0.1, 0.15) is 0 Å². The van der Waals surface area contributed by atoms with Crippen LogP contribution in [0.15, 0.2) is 96.4 Å². The number of fused-ring (bicyclic) bond motifs is 1. The highest BCUT2D eigenvalue weighted by Crippen LogP contribution is 2.47. The Bertz CT molecular complexity index is 1450. The first-order valence-corrected chi connectivity index (χ1v) is 12.9. The number of anilines is 3. The SMILES string of the molecule is CC(C)(C)c1ccc2scc(N(c3ccccc3)c3cc(-c4ccccc4)cc(Cl)c3Cl)c2c1. The molecule has 4 heteroatoms. The summed E-state index contributed by atoms with van der Waals surface area (Å²) in [4.78, 5) is 2.23. The van der Waals surface area contributed by atoms with E-state index in [1.807, 2.05) is 42.5 Å². The van der Waals surface area contributed by atoms with Crippen LogP contribution in [-0.2, 0) is 5.41 Å². The van der Waals surface area contributed by atoms with E-state index in [-0.39, 0.29) is 5.41 Å². The molecule has 0 spiro atoms. The van der Waals surface area contributed by atoms with Crippen LogP contribution in [0.25, 0.3) is 21.2 Å². The molecule has 0 unspecified atom stereocenters. The molecule has 5 aromatic rings. The minimum atomic E-state index is 0.0547. The van der Waals surface area contributed by atoms with Gasteiger partial charge in [0, 0.05) is 21.2 Å². The van der Waals surface area contributed by atoms with Gasteiger partial charge in [0.15, 0.2) is 0 Å². The highest BCUT2D eigenvalue weighted by atomic mass is 35.5. The van der Waals surface area contributed by atoms with Crippen LogP contribution in [0.1, 0.15) is 26.3 Å². The Labute approximate surface area is 215 Å². The van der Waals surface area contributed by atoms with Crippen LogP contribution in [0.4, 0.5) is 17.1 Å². The number of hydrogen-bond donors (Lipinski definition) is 0. The molecule has 0 aliphatic heterocycles. The molecule has 0 aliphatic rings. The van der Waals surface area contributed by atoms with Gasteiger partial charge in [0.05, 0.1) is 21.4 Å². The van der Waals surface area contributed by atoms with Crippen molar-refractivity contribution in [2.45, 2.75) is 26.2 Å². The number of para-hydroxylation sites is 1. The maximum absolute atomic E-state index is 6.90. The van der Waals surface area contributed by atoms with Crippen LogP contribution >= 0.6 is 34.5 Å². The van der Waals surface area contributed by atoms with Gasteiger partial charge in [-0.1, -0.05) is 98.6 Å². The zero-order valence-electron chi connectivity index (χ0n) is 19.3. The first-order chi connectivity index (χ1) is 16.3. The van der Waals surface area contributed by atoms with Crippen molar-refractivity contribution in [3.8, 4) is 11.1 Å². The molecule has 0 saturated carbocycles. The average Bonchev–Trinajstić information content (AvgIpc) is 3.25. The Kier molecular flexibility index (Phi) is 6.16. The number of hydrogen-bond acceptors (Lipinski definition) is 2. The second-order valence-corrected chi connectivity index (χ2v) is 11.1. The molecule has 1 nitrogen and oxygen atoms in total. The van der Waals surface area contributed by atoms with Crippen molar-refractivity contribution in [1.29, 1.82) is 0 Å². The lowest BCUT2D eigenvalue weighted by Crippen LogP contribution is -2.12. The molecule has 0 aliphatic carbocycles. The van der Waals surface area contributed by atoms with Crippen molar-refractivity contribution in [3.05, 3.63) is 112 Å². The van der Waals surface area contributed by atoms with Crippen LogP contribution in [-0.4, -0.2) is 0 Å². The van der Waals surface area contributed by atoms with Gasteiger partial charge in [-0.05, 0) is 58.5 Å². The highest BCUT2D eigenvalue weighted by Gasteiger charge is 2.23. The highest BCUT2D eigenvalue weighted by molar-refractivity contribution is 7.17. The van der Waals surface area contributed by atoms with E-state index in [9.17, 15) is 0 Å². The summed E-state index contributed by atoms with van der Waals surface area (Å²) in [5.74, 6) is 0. The molecular formula is C30H25Cl2NS. The zero-order valence-corrected chi connectivity index (χ0v) is 21.7. The second-order valence-electron chi connectivity index (χ2n) is 9.41. The summed E-state index contributed by atoms with van der Waals surface area (Å²) in [6.07, 6.45) is 0. The lowest BCUT2D eigenvalue weighted by Gasteiger charge is -2.27. The van der Waals surface area contributed by atoms with E-state index in [0.29, 0.717) is 10.0 Å². The Morgan fingerprint density at radius 2 is 1.38 bits per heavy atom. The van der Waals surface area contributed by atoms with E-state index in [4.69, 9.17) is 23.2 Å². The van der Waals surface area contributed by atoms with E-state index in [2.05, 4.69) is 79.6 Å². The fraction of sp³-hybridized carbons (Fsp3) is 0.133. The number of benzene rings is 4. The Morgan fingerprint density at radius 3 is 2.06 bits per heavy atom. The zero-order chi connectivity index (χ0) is 23.9. The smallest absolute Gasteiger partial charge is 0.0833 e. The quantitative estimate of drug-likeness (QED) is 0.236. The second kappa shape index (κ2) is 9.11. The van der Waals surface area contributed by atoms with Gasteiger partial charge < -0.3 is 4.90 Å². The molecule has 0 fully saturated rings. The molecule has 0 atom stereocenters. The third kappa shape index (κ3) is 4.34. The first kappa shape index (κ1) is 23.0. The maximum Gasteiger partial charge on any atom is 0.0833 e. The van der Waals surface area contributed by atoms with E-state index >= 15 is 0 Å². The lowest BCUT2D eigenvalue weighted by molar-refractivity contribution is 0.591. The van der Waals surface area contributed by atoms with E-state index in [1.165, 1.54) is 15.6 Å². The van der Waals surface area contributed by atoms with Crippen molar-refractivity contribution in [2.75, 3.05) is 4.90 Å². The summed E-state index contributed by atoms with van der Waals surface area (Å²) >= 11 is 15.4. The topological polar surface area (TPSA) is 3.24 Å². The molecule has 34 heavy (non-hydrogen) atoms. The third-order valence-corrected chi connectivity index (χ3v) is 7.77. The maximum atomic E-state index is 6.90. The van der Waals surface area contributed by atoms with Crippen LogP contribution in [0.5, 0.6) is 0 Å². The van der Waals surface area contributed by atoms with Gasteiger partial charge in [-0.3, -0.25) is 0 Å². The monoisotopic (exact) mass is 501 g/mol. The number of nitrogens with zero attached hydrogens (tertiary/aromatic N) is 1. The van der Waals surface area contributed by atoms with Crippen molar-refractivity contribution >= 4 is 61.7 Å². The molecule has 170 valence electrons. The molecule has 0 saturated heterocycles. The number of thiophene rings is 1. The lowest BCUT2D eigenvalue weighted by atomic mass is 9.86. The Hall–Kier alpha value is -2.78. The van der Waals surface area contributed by atoms with Crippen LogP contribution in [0, 0.1) is 0 Å². The normalized spacial score (nSPS) is 11.7. The molecule has 0 N–H and O–H groups in total. The molecule has 0 bridgehead atoms. The van der Waals surface area contributed by atoms with Gasteiger partial charge in [0.25, 0.3) is 0 Å². The van der Waals surface area contributed by atoms with Gasteiger partial charge in [-0.2, -0.15) is 0 Å². The predicted molar refractivity (Wildman–Crippen MR) is 151 cm³/mol. The fourth-order valence-electron chi connectivity index (χ4n) is 4.17. The standard InChI is InChI=1S/C30H25Cl2NS/c1-30(2,3)22-14-15-28-24(18-22)27(19-34-28)33(23-12-8-5-9-13-23)26-17-21(16-25(31)29(26)32)20-10-6-4-7-11-20/h4-19H,1-3H3. The molecule has 5 rings (SSSR count). The van der Waals surface area contributed by atoms with Crippen molar-refractivity contribution in [1.82, 2.24) is 0 Å². The molecule has 0 radical (unpaired) electrons. The minimum Gasteiger partial charge on any atom is -0.307 e. The Balaban J connectivity index is 1.78. The van der Waals surface area contributed by atoms with Crippen LogP contribution in [0.2, 0.25) is 10.0 Å². The molecular weight excluding hydrogens is 477 g/mol. The third-order valence-electron chi connectivity index (χ3n) is 6.03. The van der Waals surface area contributed by atoms with Gasteiger partial charge in [-0.25, -0.2) is 0 Å². The van der Waals surface area contributed by atoms with E-state index < -0.39 is 0 Å². The molecule has 4 aromatic carbocycles. The summed E-state index contributed by atoms with van der Waals surface area (Å²) in [6, 6.07) is 31.4. The largest absolute Gasteiger partial charge is 0.307 e. The van der Waals surface area contributed by atoms with E-state index in [1.54, 1.807) is 11.3 Å². The molecule has 1 heterocycles. The predicted octanol–water partition coefficient (Wildman–Crippen LogP) is 10.6. The summed E-state index contributed by atoms with van der Waals surface area (Å²) in [5.41, 5.74) is 6.47.